The largest absolute Gasteiger partial charge is 0.497 e. The Labute approximate surface area is 175 Å². The monoisotopic (exact) mass is 412 g/mol. The molecule has 6 nitrogen and oxygen atoms in total. The van der Waals surface area contributed by atoms with Gasteiger partial charge in [-0.25, -0.2) is 0 Å². The van der Waals surface area contributed by atoms with E-state index in [9.17, 15) is 0 Å². The third-order valence-corrected chi connectivity index (χ3v) is 5.57. The number of fused-ring (bicyclic) bond motifs is 1. The molecule has 29 heavy (non-hydrogen) atoms. The van der Waals surface area contributed by atoms with Gasteiger partial charge in [0.15, 0.2) is 0 Å². The van der Waals surface area contributed by atoms with Crippen molar-refractivity contribution in [2.24, 2.45) is 0 Å². The van der Waals surface area contributed by atoms with Crippen LogP contribution in [-0.2, 0) is 26.1 Å². The molecule has 1 N–H and O–H groups in total. The van der Waals surface area contributed by atoms with Crippen molar-refractivity contribution in [2.75, 3.05) is 7.11 Å². The maximum absolute atomic E-state index is 6.49. The molecule has 0 saturated carbocycles. The number of aromatic nitrogens is 3. The minimum Gasteiger partial charge on any atom is -0.497 e. The minimum absolute atomic E-state index is 0.0665. The van der Waals surface area contributed by atoms with Crippen molar-refractivity contribution in [3.63, 3.8) is 0 Å². The van der Waals surface area contributed by atoms with Gasteiger partial charge in [0.05, 0.1) is 13.2 Å². The number of rotatable bonds is 8. The van der Waals surface area contributed by atoms with Gasteiger partial charge in [-0.2, -0.15) is 0 Å². The molecule has 2 aromatic carbocycles. The lowest BCUT2D eigenvalue weighted by atomic mass is 10.1. The molecule has 4 rings (SSSR count). The fourth-order valence-corrected chi connectivity index (χ4v) is 3.84. The van der Waals surface area contributed by atoms with Crippen LogP contribution in [0.15, 0.2) is 42.5 Å². The molecule has 0 radical (unpaired) electrons. The lowest BCUT2D eigenvalue weighted by Gasteiger charge is -2.17. The summed E-state index contributed by atoms with van der Waals surface area (Å²) in [5.41, 5.74) is 1.97. The Morgan fingerprint density at radius 1 is 1.21 bits per heavy atom. The van der Waals surface area contributed by atoms with E-state index in [4.69, 9.17) is 21.1 Å². The average Bonchev–Trinajstić information content (AvgIpc) is 3.35. The van der Waals surface area contributed by atoms with Gasteiger partial charge in [0, 0.05) is 30.1 Å². The number of nitrogens with zero attached hydrogens (tertiary/aromatic N) is 3. The first-order chi connectivity index (χ1) is 14.2. The molecule has 0 spiro atoms. The molecule has 1 aliphatic heterocycles. The van der Waals surface area contributed by atoms with E-state index in [2.05, 4.69) is 27.0 Å². The lowest BCUT2D eigenvalue weighted by Crippen LogP contribution is -2.22. The molecule has 0 unspecified atom stereocenters. The van der Waals surface area contributed by atoms with E-state index in [1.807, 2.05) is 42.5 Å². The third kappa shape index (κ3) is 4.38. The van der Waals surface area contributed by atoms with Crippen LogP contribution in [0, 0.1) is 0 Å². The second-order valence-corrected chi connectivity index (χ2v) is 7.60. The molecule has 0 aliphatic carbocycles. The van der Waals surface area contributed by atoms with Gasteiger partial charge in [-0.1, -0.05) is 29.8 Å². The number of methoxy groups -OCH3 is 1. The van der Waals surface area contributed by atoms with Gasteiger partial charge in [-0.3, -0.25) is 0 Å². The van der Waals surface area contributed by atoms with E-state index in [0.717, 1.165) is 53.7 Å². The normalized spacial score (nSPS) is 13.9. The molecule has 0 bridgehead atoms. The zero-order valence-corrected chi connectivity index (χ0v) is 17.4. The summed E-state index contributed by atoms with van der Waals surface area (Å²) in [5.74, 6) is 3.64. The summed E-state index contributed by atoms with van der Waals surface area (Å²) in [6, 6.07) is 13.7. The zero-order valence-electron chi connectivity index (χ0n) is 16.7. The molecular formula is C22H25ClN4O2. The van der Waals surface area contributed by atoms with Crippen molar-refractivity contribution in [1.29, 1.82) is 0 Å². The molecule has 2 heterocycles. The standard InChI is InChI=1S/C22H25ClN4O2/c1-15(22-26-25-21-10-5-11-27(21)22)24-13-18-19(23)8-4-9-20(18)29-14-16-6-3-7-17(12-16)28-2/h3-4,6-9,12,15,24H,5,10-11,13-14H2,1-2H3/t15-/m1/s1. The van der Waals surface area contributed by atoms with Crippen LogP contribution in [0.25, 0.3) is 0 Å². The van der Waals surface area contributed by atoms with Crippen LogP contribution < -0.4 is 14.8 Å². The number of nitrogens with one attached hydrogen (secondary N) is 1. The molecular weight excluding hydrogens is 388 g/mol. The molecule has 3 aromatic rings. The third-order valence-electron chi connectivity index (χ3n) is 5.21. The molecule has 7 heteroatoms. The second kappa shape index (κ2) is 8.84. The first-order valence-corrected chi connectivity index (χ1v) is 10.2. The van der Waals surface area contributed by atoms with Crippen molar-refractivity contribution in [2.45, 2.75) is 45.5 Å². The highest BCUT2D eigenvalue weighted by molar-refractivity contribution is 6.31. The average molecular weight is 413 g/mol. The fourth-order valence-electron chi connectivity index (χ4n) is 3.61. The van der Waals surface area contributed by atoms with E-state index >= 15 is 0 Å². The zero-order chi connectivity index (χ0) is 20.2. The Morgan fingerprint density at radius 3 is 2.93 bits per heavy atom. The molecule has 1 aliphatic rings. The topological polar surface area (TPSA) is 61.2 Å². The Morgan fingerprint density at radius 2 is 2.07 bits per heavy atom. The Hall–Kier alpha value is -2.57. The second-order valence-electron chi connectivity index (χ2n) is 7.19. The summed E-state index contributed by atoms with van der Waals surface area (Å²) in [6.07, 6.45) is 2.14. The highest BCUT2D eigenvalue weighted by atomic mass is 35.5. The fraction of sp³-hybridized carbons (Fsp3) is 0.364. The Kier molecular flexibility index (Phi) is 6.02. The van der Waals surface area contributed by atoms with E-state index in [1.54, 1.807) is 7.11 Å². The van der Waals surface area contributed by atoms with Crippen molar-refractivity contribution < 1.29 is 9.47 Å². The smallest absolute Gasteiger partial charge is 0.149 e. The van der Waals surface area contributed by atoms with Crippen molar-refractivity contribution in [3.05, 3.63) is 70.3 Å². The van der Waals surface area contributed by atoms with Gasteiger partial charge in [-0.05, 0) is 43.2 Å². The number of halogens is 1. The summed E-state index contributed by atoms with van der Waals surface area (Å²) in [5, 5.41) is 12.9. The van der Waals surface area contributed by atoms with Crippen LogP contribution in [0.4, 0.5) is 0 Å². The van der Waals surface area contributed by atoms with Gasteiger partial charge in [0.1, 0.15) is 29.8 Å². The SMILES string of the molecule is COc1cccc(COc2cccc(Cl)c2CN[C@H](C)c2nnc3n2CCC3)c1. The molecule has 1 atom stereocenters. The van der Waals surface area contributed by atoms with E-state index < -0.39 is 0 Å². The number of benzene rings is 2. The summed E-state index contributed by atoms with van der Waals surface area (Å²) in [4.78, 5) is 0. The molecule has 152 valence electrons. The molecule has 0 amide bonds. The molecule has 0 fully saturated rings. The Bertz CT molecular complexity index is 989. The van der Waals surface area contributed by atoms with Gasteiger partial charge in [0.25, 0.3) is 0 Å². The van der Waals surface area contributed by atoms with Gasteiger partial charge < -0.3 is 19.4 Å². The van der Waals surface area contributed by atoms with Crippen LogP contribution in [-0.4, -0.2) is 21.9 Å². The highest BCUT2D eigenvalue weighted by Crippen LogP contribution is 2.28. The van der Waals surface area contributed by atoms with Crippen LogP contribution >= 0.6 is 11.6 Å². The van der Waals surface area contributed by atoms with Crippen molar-refractivity contribution in [3.8, 4) is 11.5 Å². The van der Waals surface area contributed by atoms with Gasteiger partial charge in [0.2, 0.25) is 0 Å². The highest BCUT2D eigenvalue weighted by Gasteiger charge is 2.21. The summed E-state index contributed by atoms with van der Waals surface area (Å²) in [7, 11) is 1.66. The molecule has 1 aromatic heterocycles. The number of ether oxygens (including phenoxy) is 2. The Balaban J connectivity index is 1.44. The van der Waals surface area contributed by atoms with E-state index in [-0.39, 0.29) is 6.04 Å². The number of hydrogen-bond donors (Lipinski definition) is 1. The first kappa shape index (κ1) is 19.7. The lowest BCUT2D eigenvalue weighted by molar-refractivity contribution is 0.300. The maximum atomic E-state index is 6.49. The number of aryl methyl sites for hydroxylation is 1. The predicted octanol–water partition coefficient (Wildman–Crippen LogP) is 4.32. The van der Waals surface area contributed by atoms with Gasteiger partial charge in [-0.15, -0.1) is 10.2 Å². The maximum Gasteiger partial charge on any atom is 0.149 e. The van der Waals surface area contributed by atoms with Crippen LogP contribution in [0.2, 0.25) is 5.02 Å². The minimum atomic E-state index is 0.0665. The summed E-state index contributed by atoms with van der Waals surface area (Å²) >= 11 is 6.49. The van der Waals surface area contributed by atoms with Crippen molar-refractivity contribution in [1.82, 2.24) is 20.1 Å². The first-order valence-electron chi connectivity index (χ1n) is 9.84. The van der Waals surface area contributed by atoms with Crippen molar-refractivity contribution >= 4 is 11.6 Å². The molecule has 0 saturated heterocycles. The van der Waals surface area contributed by atoms with Crippen LogP contribution in [0.3, 0.4) is 0 Å². The van der Waals surface area contributed by atoms with E-state index in [1.165, 1.54) is 0 Å². The van der Waals surface area contributed by atoms with Crippen LogP contribution in [0.5, 0.6) is 11.5 Å². The summed E-state index contributed by atoms with van der Waals surface area (Å²) < 4.78 is 13.6. The summed E-state index contributed by atoms with van der Waals surface area (Å²) in [6.45, 7) is 4.11. The number of hydrogen-bond acceptors (Lipinski definition) is 5. The quantitative estimate of drug-likeness (QED) is 0.597. The van der Waals surface area contributed by atoms with E-state index in [0.29, 0.717) is 18.2 Å². The predicted molar refractivity (Wildman–Crippen MR) is 112 cm³/mol. The van der Waals surface area contributed by atoms with Gasteiger partial charge >= 0.3 is 0 Å². The van der Waals surface area contributed by atoms with Crippen LogP contribution in [0.1, 0.15) is 42.2 Å².